The van der Waals surface area contributed by atoms with E-state index in [9.17, 15) is 0 Å². The highest BCUT2D eigenvalue weighted by atomic mass is 16.3. The van der Waals surface area contributed by atoms with Crippen molar-refractivity contribution < 1.29 is 4.42 Å². The van der Waals surface area contributed by atoms with Crippen LogP contribution in [0.4, 0.5) is 0 Å². The van der Waals surface area contributed by atoms with Crippen LogP contribution in [-0.2, 0) is 6.42 Å². The fraction of sp³-hybridized carbons (Fsp3) is 0.267. The Labute approximate surface area is 189 Å². The second kappa shape index (κ2) is 8.35. The first kappa shape index (κ1) is 19.4. The van der Waals surface area contributed by atoms with E-state index in [0.717, 1.165) is 43.3 Å². The molecule has 0 bridgehead atoms. The van der Waals surface area contributed by atoms with Crippen LogP contribution in [0, 0.1) is 0 Å². The third-order valence-electron chi connectivity index (χ3n) is 7.14. The largest absolute Gasteiger partial charge is 0.457 e. The molecule has 0 radical (unpaired) electrons. The molecule has 4 aliphatic carbocycles. The molecule has 2 nitrogen and oxygen atoms in total. The predicted octanol–water partition coefficient (Wildman–Crippen LogP) is 5.39. The van der Waals surface area contributed by atoms with Crippen molar-refractivity contribution in [1.82, 2.24) is 4.90 Å². The third kappa shape index (κ3) is 3.54. The SMILES string of the molecule is C1=CCCC(N(C2C=CC=CC2)C2C=Cc3oc4c(c3C2)=CC(c2ccccc2)CC=4)=C1. The Balaban J connectivity index is 1.37. The molecule has 3 unspecified atom stereocenters. The monoisotopic (exact) mass is 419 g/mol. The molecule has 32 heavy (non-hydrogen) atoms. The van der Waals surface area contributed by atoms with Crippen molar-refractivity contribution in [2.75, 3.05) is 0 Å². The van der Waals surface area contributed by atoms with Crippen LogP contribution in [0.5, 0.6) is 0 Å². The highest BCUT2D eigenvalue weighted by molar-refractivity contribution is 5.58. The summed E-state index contributed by atoms with van der Waals surface area (Å²) < 4.78 is 6.29. The summed E-state index contributed by atoms with van der Waals surface area (Å²) in [7, 11) is 0. The zero-order valence-corrected chi connectivity index (χ0v) is 18.4. The summed E-state index contributed by atoms with van der Waals surface area (Å²) in [6, 6.07) is 11.6. The summed E-state index contributed by atoms with van der Waals surface area (Å²) in [6.07, 6.45) is 30.4. The first-order valence-corrected chi connectivity index (χ1v) is 11.9. The Kier molecular flexibility index (Phi) is 5.07. The standard InChI is InChI=1S/C30H29NO/c1-4-10-22(11-5-1)23-16-18-29-27(20-23)28-21-26(17-19-30(28)32-29)31(24-12-6-2-7-13-24)25-14-8-3-9-15-25/h1-8,10-12,14,17-20,23-24,26H,9,13,15-16,21H2. The summed E-state index contributed by atoms with van der Waals surface area (Å²) in [5, 5.41) is 1.31. The molecule has 4 aliphatic rings. The molecule has 160 valence electrons. The minimum atomic E-state index is 0.341. The highest BCUT2D eigenvalue weighted by Gasteiger charge is 2.30. The number of benzene rings is 1. The number of hydrogen-bond acceptors (Lipinski definition) is 2. The van der Waals surface area contributed by atoms with Crippen molar-refractivity contribution in [1.29, 1.82) is 0 Å². The van der Waals surface area contributed by atoms with Crippen LogP contribution in [0.25, 0.3) is 18.2 Å². The second-order valence-corrected chi connectivity index (χ2v) is 9.13. The van der Waals surface area contributed by atoms with Gasteiger partial charge in [-0.05, 0) is 49.5 Å². The van der Waals surface area contributed by atoms with E-state index in [1.54, 1.807) is 0 Å². The van der Waals surface area contributed by atoms with Gasteiger partial charge in [-0.2, -0.15) is 0 Å². The van der Waals surface area contributed by atoms with E-state index in [1.807, 2.05) is 0 Å². The van der Waals surface area contributed by atoms with Crippen molar-refractivity contribution in [3.8, 4) is 0 Å². The lowest BCUT2D eigenvalue weighted by molar-refractivity contribution is 0.234. The number of rotatable bonds is 4. The summed E-state index contributed by atoms with van der Waals surface area (Å²) in [4.78, 5) is 2.66. The summed E-state index contributed by atoms with van der Waals surface area (Å²) in [5.74, 6) is 1.47. The minimum Gasteiger partial charge on any atom is -0.457 e. The van der Waals surface area contributed by atoms with Crippen molar-refractivity contribution in [3.05, 3.63) is 112 Å². The van der Waals surface area contributed by atoms with E-state index in [-0.39, 0.29) is 0 Å². The first-order valence-electron chi connectivity index (χ1n) is 11.9. The van der Waals surface area contributed by atoms with Gasteiger partial charge in [0.25, 0.3) is 0 Å². The van der Waals surface area contributed by atoms with Gasteiger partial charge < -0.3 is 9.32 Å². The Morgan fingerprint density at radius 1 is 0.906 bits per heavy atom. The molecule has 0 spiro atoms. The topological polar surface area (TPSA) is 16.4 Å². The summed E-state index contributed by atoms with van der Waals surface area (Å²) in [5.41, 5.74) is 5.26. The van der Waals surface area contributed by atoms with Crippen LogP contribution in [0.3, 0.4) is 0 Å². The Morgan fingerprint density at radius 3 is 2.66 bits per heavy atom. The number of furan rings is 1. The second-order valence-electron chi connectivity index (χ2n) is 9.13. The van der Waals surface area contributed by atoms with Gasteiger partial charge in [0.1, 0.15) is 11.2 Å². The molecule has 0 fully saturated rings. The van der Waals surface area contributed by atoms with Gasteiger partial charge in [-0.1, -0.05) is 78.9 Å². The molecule has 2 aromatic rings. The van der Waals surface area contributed by atoms with Gasteiger partial charge in [-0.3, -0.25) is 0 Å². The van der Waals surface area contributed by atoms with Crippen LogP contribution >= 0.6 is 0 Å². The molecular formula is C30H29NO. The lowest BCUT2D eigenvalue weighted by Crippen LogP contribution is -2.44. The number of nitrogens with zero attached hydrogens (tertiary/aromatic N) is 1. The van der Waals surface area contributed by atoms with Gasteiger partial charge in [-0.15, -0.1) is 0 Å². The van der Waals surface area contributed by atoms with E-state index >= 15 is 0 Å². The first-order chi connectivity index (χ1) is 15.9. The normalized spacial score (nSPS) is 25.4. The van der Waals surface area contributed by atoms with Gasteiger partial charge in [0, 0.05) is 28.8 Å². The molecular weight excluding hydrogens is 390 g/mol. The van der Waals surface area contributed by atoms with E-state index in [0.29, 0.717) is 18.0 Å². The van der Waals surface area contributed by atoms with Gasteiger partial charge in [-0.25, -0.2) is 0 Å². The van der Waals surface area contributed by atoms with E-state index in [2.05, 4.69) is 102 Å². The van der Waals surface area contributed by atoms with E-state index in [1.165, 1.54) is 22.0 Å². The third-order valence-corrected chi connectivity index (χ3v) is 7.14. The molecule has 0 aliphatic heterocycles. The summed E-state index contributed by atoms with van der Waals surface area (Å²) >= 11 is 0. The molecule has 1 aromatic heterocycles. The molecule has 3 atom stereocenters. The molecule has 0 amide bonds. The van der Waals surface area contributed by atoms with Crippen LogP contribution in [-0.4, -0.2) is 17.0 Å². The number of fused-ring (bicyclic) bond motifs is 3. The maximum atomic E-state index is 6.29. The van der Waals surface area contributed by atoms with Crippen molar-refractivity contribution in [2.45, 2.75) is 50.1 Å². The zero-order chi connectivity index (χ0) is 21.3. The van der Waals surface area contributed by atoms with Gasteiger partial charge in [0.05, 0.1) is 12.1 Å². The minimum absolute atomic E-state index is 0.341. The molecule has 0 N–H and O–H groups in total. The maximum Gasteiger partial charge on any atom is 0.131 e. The molecule has 6 rings (SSSR count). The van der Waals surface area contributed by atoms with Gasteiger partial charge >= 0.3 is 0 Å². The average molecular weight is 420 g/mol. The smallest absolute Gasteiger partial charge is 0.131 e. The number of allylic oxidation sites excluding steroid dienone is 6. The zero-order valence-electron chi connectivity index (χ0n) is 18.4. The molecule has 1 aromatic carbocycles. The fourth-order valence-electron chi connectivity index (χ4n) is 5.55. The number of hydrogen-bond donors (Lipinski definition) is 0. The summed E-state index contributed by atoms with van der Waals surface area (Å²) in [6.45, 7) is 0. The molecule has 1 heterocycles. The van der Waals surface area contributed by atoms with Crippen LogP contribution in [0.2, 0.25) is 0 Å². The van der Waals surface area contributed by atoms with Crippen LogP contribution in [0.15, 0.2) is 89.1 Å². The van der Waals surface area contributed by atoms with E-state index < -0.39 is 0 Å². The van der Waals surface area contributed by atoms with Crippen LogP contribution < -0.4 is 10.6 Å². The lowest BCUT2D eigenvalue weighted by atomic mass is 9.88. The Bertz CT molecular complexity index is 1270. The molecule has 0 saturated heterocycles. The quantitative estimate of drug-likeness (QED) is 0.661. The van der Waals surface area contributed by atoms with Crippen molar-refractivity contribution in [3.63, 3.8) is 0 Å². The highest BCUT2D eigenvalue weighted by Crippen LogP contribution is 2.31. The lowest BCUT2D eigenvalue weighted by Gasteiger charge is -2.41. The fourth-order valence-corrected chi connectivity index (χ4v) is 5.55. The Morgan fingerprint density at radius 2 is 1.84 bits per heavy atom. The average Bonchev–Trinajstić information content (AvgIpc) is 3.23. The predicted molar refractivity (Wildman–Crippen MR) is 132 cm³/mol. The maximum absolute atomic E-state index is 6.29. The van der Waals surface area contributed by atoms with Gasteiger partial charge in [0.15, 0.2) is 0 Å². The molecule has 0 saturated carbocycles. The van der Waals surface area contributed by atoms with Crippen molar-refractivity contribution in [2.24, 2.45) is 0 Å². The Hall–Kier alpha value is -3.26. The van der Waals surface area contributed by atoms with Crippen LogP contribution in [0.1, 0.15) is 48.5 Å². The van der Waals surface area contributed by atoms with Gasteiger partial charge in [0.2, 0.25) is 0 Å². The molecule has 2 heteroatoms. The van der Waals surface area contributed by atoms with Crippen molar-refractivity contribution >= 4 is 18.2 Å². The van der Waals surface area contributed by atoms with E-state index in [4.69, 9.17) is 4.42 Å².